The maximum atomic E-state index is 12.2. The molecule has 1 fully saturated rings. The molecule has 0 radical (unpaired) electrons. The zero-order valence-electron chi connectivity index (χ0n) is 17.7. The Hall–Kier alpha value is -2.62. The SMILES string of the molecule is [2H]c1nc(N(C([2H])([2H])[2H])[C@@]2([2H])CN(C(=O)C[N+]#[C-])CC[C@H]2C)c2cc[nH]c2n1. The van der Waals surface area contributed by atoms with Crippen LogP contribution in [-0.2, 0) is 4.79 Å². The molecule has 7 heteroatoms. The molecule has 1 aliphatic rings. The van der Waals surface area contributed by atoms with Gasteiger partial charge in [-0.05, 0) is 18.4 Å². The second-order valence-electron chi connectivity index (χ2n) is 5.54. The maximum absolute atomic E-state index is 12.2. The summed E-state index contributed by atoms with van der Waals surface area (Å²) in [5.74, 6) is -0.875. The van der Waals surface area contributed by atoms with Gasteiger partial charge in [-0.15, -0.1) is 0 Å². The van der Waals surface area contributed by atoms with Crippen LogP contribution in [0, 0.1) is 12.5 Å². The van der Waals surface area contributed by atoms with E-state index in [1.165, 1.54) is 4.90 Å². The van der Waals surface area contributed by atoms with E-state index in [4.69, 9.17) is 13.4 Å². The van der Waals surface area contributed by atoms with Crippen LogP contribution in [0.3, 0.4) is 0 Å². The van der Waals surface area contributed by atoms with Crippen LogP contribution in [0.1, 0.15) is 20.2 Å². The molecule has 2 aromatic rings. The fourth-order valence-electron chi connectivity index (χ4n) is 2.74. The summed E-state index contributed by atoms with van der Waals surface area (Å²) in [6.45, 7) is 5.75. The molecule has 1 amide bonds. The van der Waals surface area contributed by atoms with Gasteiger partial charge in [0.25, 0.3) is 6.54 Å². The third-order valence-electron chi connectivity index (χ3n) is 4.10. The lowest BCUT2D eigenvalue weighted by molar-refractivity contribution is -0.130. The van der Waals surface area contributed by atoms with Crippen LogP contribution in [0.5, 0.6) is 0 Å². The van der Waals surface area contributed by atoms with Gasteiger partial charge in [-0.25, -0.2) is 16.5 Å². The molecule has 1 N–H and O–H groups in total. The minimum absolute atomic E-state index is 0.0439. The van der Waals surface area contributed by atoms with Gasteiger partial charge in [0.2, 0.25) is 0 Å². The van der Waals surface area contributed by atoms with Crippen LogP contribution in [0.4, 0.5) is 5.82 Å². The number of likely N-dealkylation sites (N-methyl/N-ethyl adjacent to an activating group) is 1. The molecule has 23 heavy (non-hydrogen) atoms. The first-order valence-electron chi connectivity index (χ1n) is 9.81. The number of amides is 1. The number of anilines is 1. The van der Waals surface area contributed by atoms with Crippen LogP contribution >= 0.6 is 0 Å². The van der Waals surface area contributed by atoms with Crippen molar-refractivity contribution in [3.8, 4) is 0 Å². The number of rotatable bonds is 3. The fourth-order valence-corrected chi connectivity index (χ4v) is 2.74. The molecule has 3 heterocycles. The number of nitrogens with zero attached hydrogens (tertiary/aromatic N) is 5. The predicted octanol–water partition coefficient (Wildman–Crippen LogP) is 1.55. The molecule has 2 aromatic heterocycles. The number of hydrogen-bond donors (Lipinski definition) is 1. The summed E-state index contributed by atoms with van der Waals surface area (Å²) in [5, 5.41) is 0.385. The predicted molar refractivity (Wildman–Crippen MR) is 87.9 cm³/mol. The van der Waals surface area contributed by atoms with E-state index in [0.29, 0.717) is 24.0 Å². The summed E-state index contributed by atoms with van der Waals surface area (Å²) in [7, 11) is 0. The molecule has 120 valence electrons. The Morgan fingerprint density at radius 3 is 3.39 bits per heavy atom. The summed E-state index contributed by atoms with van der Waals surface area (Å²) in [4.78, 5) is 28.4. The van der Waals surface area contributed by atoms with Crippen molar-refractivity contribution >= 4 is 22.8 Å². The highest BCUT2D eigenvalue weighted by molar-refractivity contribution is 5.87. The van der Waals surface area contributed by atoms with Gasteiger partial charge in [0.15, 0.2) is 0 Å². The fraction of sp³-hybridized carbons (Fsp3) is 0.500. The van der Waals surface area contributed by atoms with Gasteiger partial charge < -0.3 is 19.6 Å². The lowest BCUT2D eigenvalue weighted by atomic mass is 9.92. The highest BCUT2D eigenvalue weighted by atomic mass is 16.2. The molecule has 1 saturated heterocycles. The van der Waals surface area contributed by atoms with Gasteiger partial charge in [-0.1, -0.05) is 6.92 Å². The molecule has 0 saturated carbocycles. The first kappa shape index (κ1) is 10.2. The molecular weight excluding hydrogens is 292 g/mol. The molecule has 0 unspecified atom stereocenters. The number of hydrogen-bond acceptors (Lipinski definition) is 4. The largest absolute Gasteiger partial charge is 0.354 e. The summed E-state index contributed by atoms with van der Waals surface area (Å²) >= 11 is 0. The molecule has 0 spiro atoms. The molecule has 0 bridgehead atoms. The number of carbonyl (C=O) groups is 1. The number of likely N-dealkylation sites (tertiary alicyclic amines) is 1. The number of H-pyrrole nitrogens is 1. The topological polar surface area (TPSA) is 69.5 Å². The standard InChI is InChI=1S/C16H20N6O/c1-11-5-7-22(14(23)8-17-2)9-13(11)21(3)16-12-4-6-18-15(12)19-10-20-16/h4,6,10-11,13H,5,7-9H2,1,3H3,(H,18,19,20)/t11-,13+/m1/s1/i3D3,10D,13D. The van der Waals surface area contributed by atoms with Crippen molar-refractivity contribution in [1.82, 2.24) is 19.9 Å². The summed E-state index contributed by atoms with van der Waals surface area (Å²) in [6.07, 6.45) is 1.61. The number of carbonyl (C=O) groups excluding carboxylic acids is 1. The molecule has 7 nitrogen and oxygen atoms in total. The number of aromatic amines is 1. The monoisotopic (exact) mass is 317 g/mol. The minimum Gasteiger partial charge on any atom is -0.354 e. The average molecular weight is 317 g/mol. The zero-order valence-corrected chi connectivity index (χ0v) is 12.7. The van der Waals surface area contributed by atoms with Crippen LogP contribution in [0.25, 0.3) is 15.9 Å². The Bertz CT molecular complexity index is 938. The van der Waals surface area contributed by atoms with Crippen LogP contribution in [0.15, 0.2) is 18.6 Å². The van der Waals surface area contributed by atoms with E-state index >= 15 is 0 Å². The Balaban J connectivity index is 2.14. The van der Waals surface area contributed by atoms with Gasteiger partial charge in [0.05, 0.1) is 12.8 Å². The molecule has 0 aliphatic carbocycles. The Labute approximate surface area is 142 Å². The van der Waals surface area contributed by atoms with E-state index in [0.717, 1.165) is 4.90 Å². The van der Waals surface area contributed by atoms with Crippen LogP contribution in [0.2, 0.25) is 0 Å². The molecule has 3 rings (SSSR count). The lowest BCUT2D eigenvalue weighted by Gasteiger charge is -2.41. The number of piperidine rings is 1. The van der Waals surface area contributed by atoms with E-state index < -0.39 is 24.8 Å². The van der Waals surface area contributed by atoms with E-state index in [2.05, 4.69) is 19.8 Å². The van der Waals surface area contributed by atoms with E-state index in [-0.39, 0.29) is 25.2 Å². The van der Waals surface area contributed by atoms with Crippen molar-refractivity contribution in [2.45, 2.75) is 19.4 Å². The van der Waals surface area contributed by atoms with Gasteiger partial charge >= 0.3 is 5.91 Å². The second-order valence-corrected chi connectivity index (χ2v) is 5.54. The second kappa shape index (κ2) is 6.24. The summed E-state index contributed by atoms with van der Waals surface area (Å²) < 4.78 is 41.2. The van der Waals surface area contributed by atoms with Crippen molar-refractivity contribution < 1.29 is 11.6 Å². The third-order valence-corrected chi connectivity index (χ3v) is 4.10. The molecule has 0 aromatic carbocycles. The van der Waals surface area contributed by atoms with E-state index in [1.54, 1.807) is 19.2 Å². The Morgan fingerprint density at radius 2 is 2.61 bits per heavy atom. The highest BCUT2D eigenvalue weighted by Crippen LogP contribution is 2.28. The van der Waals surface area contributed by atoms with Gasteiger partial charge in [0, 0.05) is 30.4 Å². The normalized spacial score (nSPS) is 28.1. The first-order chi connectivity index (χ1) is 13.1. The first-order valence-corrected chi connectivity index (χ1v) is 7.31. The van der Waals surface area contributed by atoms with Crippen LogP contribution in [-0.4, -0.2) is 58.4 Å². The van der Waals surface area contributed by atoms with Crippen molar-refractivity contribution in [3.63, 3.8) is 0 Å². The maximum Gasteiger partial charge on any atom is 0.302 e. The minimum atomic E-state index is -2.74. The molecule has 2 atom stereocenters. The van der Waals surface area contributed by atoms with Crippen molar-refractivity contribution in [1.29, 1.82) is 0 Å². The van der Waals surface area contributed by atoms with E-state index in [9.17, 15) is 4.79 Å². The smallest absolute Gasteiger partial charge is 0.302 e. The van der Waals surface area contributed by atoms with Crippen molar-refractivity contribution in [2.75, 3.05) is 31.5 Å². The zero-order chi connectivity index (χ0) is 20.7. The number of fused-ring (bicyclic) bond motifs is 1. The summed E-state index contributed by atoms with van der Waals surface area (Å²) in [5.41, 5.74) is 0.303. The van der Waals surface area contributed by atoms with Crippen molar-refractivity contribution in [3.05, 3.63) is 30.0 Å². The van der Waals surface area contributed by atoms with Crippen molar-refractivity contribution in [2.24, 2.45) is 5.92 Å². The van der Waals surface area contributed by atoms with Gasteiger partial charge in [-0.3, -0.25) is 4.79 Å². The summed E-state index contributed by atoms with van der Waals surface area (Å²) in [6, 6.07) is -0.117. The Morgan fingerprint density at radius 1 is 1.74 bits per heavy atom. The number of aromatic nitrogens is 3. The number of nitrogens with one attached hydrogen (secondary N) is 1. The van der Waals surface area contributed by atoms with E-state index in [1.807, 2.05) is 0 Å². The van der Waals surface area contributed by atoms with Crippen LogP contribution < -0.4 is 4.90 Å². The van der Waals surface area contributed by atoms with Gasteiger partial charge in [-0.2, -0.15) is 0 Å². The average Bonchev–Trinajstić information content (AvgIpc) is 3.05. The third kappa shape index (κ3) is 2.84. The van der Waals surface area contributed by atoms with Gasteiger partial charge in [0.1, 0.15) is 19.1 Å². The molecular formula is C16H20N6O. The molecule has 1 aliphatic heterocycles. The lowest BCUT2D eigenvalue weighted by Crippen LogP contribution is -2.53. The highest BCUT2D eigenvalue weighted by Gasteiger charge is 2.33. The quantitative estimate of drug-likeness (QED) is 0.872. The Kier molecular flexibility index (Phi) is 2.77.